The molecule has 1 aliphatic carbocycles. The molecular weight excluding hydrogens is 508 g/mol. The van der Waals surface area contributed by atoms with E-state index in [1.807, 2.05) is 0 Å². The Bertz CT molecular complexity index is 1280. The molecule has 2 atom stereocenters. The number of fused-ring (bicyclic) bond motifs is 1. The highest BCUT2D eigenvalue weighted by Gasteiger charge is 2.40. The number of amides is 3. The fraction of sp³-hybridized carbons (Fsp3) is 0.458. The smallest absolute Gasteiger partial charge is 0.404 e. The molecule has 2 aromatic rings. The second-order valence-corrected chi connectivity index (χ2v) is 11.4. The van der Waals surface area contributed by atoms with Crippen LogP contribution < -0.4 is 10.0 Å². The van der Waals surface area contributed by atoms with Gasteiger partial charge in [-0.2, -0.15) is 4.72 Å². The molecule has 1 saturated carbocycles. The number of benzene rings is 2. The number of carbonyl (C=O) groups is 3. The third-order valence-electron chi connectivity index (χ3n) is 6.59. The first-order chi connectivity index (χ1) is 17.0. The molecule has 1 heterocycles. The van der Waals surface area contributed by atoms with Crippen LogP contribution in [0.3, 0.4) is 0 Å². The van der Waals surface area contributed by atoms with Crippen LogP contribution in [0, 0.1) is 5.92 Å². The van der Waals surface area contributed by atoms with Crippen molar-refractivity contribution in [3.8, 4) is 0 Å². The molecule has 2 fully saturated rings. The highest BCUT2D eigenvalue weighted by Crippen LogP contribution is 2.30. The molecule has 0 unspecified atom stereocenters. The van der Waals surface area contributed by atoms with Crippen LogP contribution in [0.4, 0.5) is 4.79 Å². The van der Waals surface area contributed by atoms with Crippen LogP contribution in [-0.2, 0) is 19.6 Å². The van der Waals surface area contributed by atoms with Crippen LogP contribution >= 0.6 is 11.6 Å². The molecule has 2 aromatic carbocycles. The van der Waals surface area contributed by atoms with E-state index in [1.54, 1.807) is 36.1 Å². The van der Waals surface area contributed by atoms with E-state index in [4.69, 9.17) is 16.7 Å². The molecule has 12 heteroatoms. The van der Waals surface area contributed by atoms with Crippen molar-refractivity contribution in [1.29, 1.82) is 0 Å². The van der Waals surface area contributed by atoms with Gasteiger partial charge in [-0.1, -0.05) is 23.7 Å². The molecule has 0 bridgehead atoms. The number of carboxylic acid groups (broad SMARTS) is 1. The van der Waals surface area contributed by atoms with E-state index in [2.05, 4.69) is 10.0 Å². The Kier molecular flexibility index (Phi) is 7.72. The van der Waals surface area contributed by atoms with Gasteiger partial charge in [0.25, 0.3) is 0 Å². The van der Waals surface area contributed by atoms with Crippen molar-refractivity contribution in [2.45, 2.75) is 43.2 Å². The van der Waals surface area contributed by atoms with Crippen LogP contribution in [0.5, 0.6) is 0 Å². The highest BCUT2D eigenvalue weighted by atomic mass is 35.5. The van der Waals surface area contributed by atoms with Crippen molar-refractivity contribution in [1.82, 2.24) is 19.8 Å². The fourth-order valence-electron chi connectivity index (χ4n) is 4.41. The van der Waals surface area contributed by atoms with Crippen LogP contribution in [0.25, 0.3) is 10.8 Å². The molecule has 3 amide bonds. The number of likely N-dealkylation sites (tertiary alicyclic amines) is 1. The van der Waals surface area contributed by atoms with Gasteiger partial charge in [-0.25, -0.2) is 13.2 Å². The Labute approximate surface area is 214 Å². The Hall–Kier alpha value is -2.89. The third kappa shape index (κ3) is 6.08. The average molecular weight is 537 g/mol. The summed E-state index contributed by atoms with van der Waals surface area (Å²) in [5, 5.41) is 13.1. The number of nitrogens with one attached hydrogen (secondary N) is 2. The third-order valence-corrected chi connectivity index (χ3v) is 8.30. The summed E-state index contributed by atoms with van der Waals surface area (Å²) < 4.78 is 28.5. The lowest BCUT2D eigenvalue weighted by Gasteiger charge is -2.30. The first kappa shape index (κ1) is 26.2. The minimum atomic E-state index is -3.98. The maximum absolute atomic E-state index is 13.2. The molecule has 3 N–H and O–H groups in total. The van der Waals surface area contributed by atoms with Gasteiger partial charge < -0.3 is 20.2 Å². The predicted molar refractivity (Wildman–Crippen MR) is 134 cm³/mol. The van der Waals surface area contributed by atoms with E-state index in [-0.39, 0.29) is 36.9 Å². The molecular formula is C24H29ClN4O6S. The molecule has 1 saturated heterocycles. The SMILES string of the molecule is C[C@@H](C(=O)N(CCNC(=O)O)CC1CC1)N1CC[C@H](NS(=O)(=O)c2ccc3cc(Cl)ccc3c2)C1=O. The number of hydrogen-bond acceptors (Lipinski definition) is 5. The number of halogens is 1. The zero-order valence-corrected chi connectivity index (χ0v) is 21.4. The predicted octanol–water partition coefficient (Wildman–Crippen LogP) is 2.27. The first-order valence-corrected chi connectivity index (χ1v) is 13.7. The van der Waals surface area contributed by atoms with E-state index in [0.29, 0.717) is 22.9 Å². The van der Waals surface area contributed by atoms with Gasteiger partial charge in [0, 0.05) is 31.2 Å². The second-order valence-electron chi connectivity index (χ2n) is 9.28. The number of rotatable bonds is 10. The Morgan fingerprint density at radius 3 is 2.56 bits per heavy atom. The van der Waals surface area contributed by atoms with Crippen LogP contribution in [0.15, 0.2) is 41.3 Å². The topological polar surface area (TPSA) is 136 Å². The Morgan fingerprint density at radius 1 is 1.17 bits per heavy atom. The Morgan fingerprint density at radius 2 is 1.86 bits per heavy atom. The lowest BCUT2D eigenvalue weighted by molar-refractivity contribution is -0.143. The summed E-state index contributed by atoms with van der Waals surface area (Å²) in [4.78, 5) is 40.1. The lowest BCUT2D eigenvalue weighted by Crippen LogP contribution is -2.51. The highest BCUT2D eigenvalue weighted by molar-refractivity contribution is 7.89. The normalized spacial score (nSPS) is 18.9. The molecule has 194 valence electrons. The maximum atomic E-state index is 13.2. The van der Waals surface area contributed by atoms with Gasteiger partial charge in [-0.15, -0.1) is 0 Å². The quantitative estimate of drug-likeness (QED) is 0.426. The van der Waals surface area contributed by atoms with E-state index in [9.17, 15) is 22.8 Å². The average Bonchev–Trinajstić information content (AvgIpc) is 3.58. The number of carbonyl (C=O) groups excluding carboxylic acids is 2. The largest absolute Gasteiger partial charge is 0.465 e. The minimum Gasteiger partial charge on any atom is -0.465 e. The van der Waals surface area contributed by atoms with E-state index in [0.717, 1.165) is 18.2 Å². The van der Waals surface area contributed by atoms with Crippen molar-refractivity contribution in [2.75, 3.05) is 26.2 Å². The second kappa shape index (κ2) is 10.6. The van der Waals surface area contributed by atoms with Gasteiger partial charge >= 0.3 is 6.09 Å². The van der Waals surface area contributed by atoms with Gasteiger partial charge in [-0.3, -0.25) is 9.59 Å². The summed E-state index contributed by atoms with van der Waals surface area (Å²) in [6.07, 6.45) is 1.10. The first-order valence-electron chi connectivity index (χ1n) is 11.8. The standard InChI is InChI=1S/C24H29ClN4O6S/c1-15(22(30)28(14-16-2-3-16)11-9-26-24(32)33)29-10-8-21(23(29)31)27-36(34,35)20-7-5-17-12-19(25)6-4-18(17)13-20/h4-7,12-13,15-16,21,26-27H,2-3,8-11,14H2,1H3,(H,32,33)/t15-,21-/m0/s1. The van der Waals surface area contributed by atoms with Gasteiger partial charge in [0.2, 0.25) is 21.8 Å². The van der Waals surface area contributed by atoms with Crippen LogP contribution in [0.2, 0.25) is 5.02 Å². The van der Waals surface area contributed by atoms with Crippen molar-refractivity contribution >= 4 is 50.3 Å². The number of sulfonamides is 1. The van der Waals surface area contributed by atoms with Crippen molar-refractivity contribution in [2.24, 2.45) is 5.92 Å². The summed E-state index contributed by atoms with van der Waals surface area (Å²) >= 11 is 6.00. The van der Waals surface area contributed by atoms with E-state index in [1.165, 1.54) is 17.0 Å². The molecule has 1 aliphatic heterocycles. The minimum absolute atomic E-state index is 0.0363. The molecule has 2 aliphatic rings. The molecule has 0 radical (unpaired) electrons. The van der Waals surface area contributed by atoms with Crippen LogP contribution in [-0.4, -0.2) is 79.5 Å². The van der Waals surface area contributed by atoms with Crippen molar-refractivity contribution in [3.63, 3.8) is 0 Å². The monoisotopic (exact) mass is 536 g/mol. The Balaban J connectivity index is 1.42. The summed E-state index contributed by atoms with van der Waals surface area (Å²) in [6.45, 7) is 2.66. The zero-order chi connectivity index (χ0) is 26.0. The van der Waals surface area contributed by atoms with Gasteiger partial charge in [0.1, 0.15) is 12.1 Å². The molecule has 10 nitrogen and oxygen atoms in total. The number of hydrogen-bond donors (Lipinski definition) is 3. The summed E-state index contributed by atoms with van der Waals surface area (Å²) in [7, 11) is -3.98. The maximum Gasteiger partial charge on any atom is 0.404 e. The van der Waals surface area contributed by atoms with Crippen molar-refractivity contribution in [3.05, 3.63) is 41.4 Å². The van der Waals surface area contributed by atoms with Gasteiger partial charge in [-0.05, 0) is 67.1 Å². The van der Waals surface area contributed by atoms with E-state index < -0.39 is 34.1 Å². The van der Waals surface area contributed by atoms with Gasteiger partial charge in [0.05, 0.1) is 4.90 Å². The fourth-order valence-corrected chi connectivity index (χ4v) is 5.85. The molecule has 4 rings (SSSR count). The zero-order valence-electron chi connectivity index (χ0n) is 19.8. The van der Waals surface area contributed by atoms with Crippen molar-refractivity contribution < 1.29 is 27.9 Å². The summed E-state index contributed by atoms with van der Waals surface area (Å²) in [6, 6.07) is 8.02. The molecule has 0 spiro atoms. The number of nitrogens with zero attached hydrogens (tertiary/aromatic N) is 2. The van der Waals surface area contributed by atoms with Gasteiger partial charge in [0.15, 0.2) is 0 Å². The summed E-state index contributed by atoms with van der Waals surface area (Å²) in [5.41, 5.74) is 0. The lowest BCUT2D eigenvalue weighted by atomic mass is 10.1. The molecule has 0 aromatic heterocycles. The van der Waals surface area contributed by atoms with E-state index >= 15 is 0 Å². The summed E-state index contributed by atoms with van der Waals surface area (Å²) in [5.74, 6) is -0.348. The van der Waals surface area contributed by atoms with Crippen LogP contribution in [0.1, 0.15) is 26.2 Å². The molecule has 36 heavy (non-hydrogen) atoms.